The van der Waals surface area contributed by atoms with Gasteiger partial charge >= 0.3 is 49.4 Å². The van der Waals surface area contributed by atoms with E-state index in [9.17, 15) is 105 Å². The summed E-state index contributed by atoms with van der Waals surface area (Å²) in [6.07, 6.45) is -49.0. The summed E-state index contributed by atoms with van der Waals surface area (Å²) in [5, 5.41) is 0. The van der Waals surface area contributed by atoms with Crippen molar-refractivity contribution in [2.45, 2.75) is 62.9 Å². The molecule has 0 aliphatic heterocycles. The van der Waals surface area contributed by atoms with E-state index in [0.717, 1.165) is 12.2 Å². The van der Waals surface area contributed by atoms with Gasteiger partial charge in [0.25, 0.3) is 0 Å². The van der Waals surface area contributed by atoms with Crippen LogP contribution in [-0.4, -0.2) is 11.1 Å². The highest BCUT2D eigenvalue weighted by Crippen LogP contribution is 2.41. The van der Waals surface area contributed by atoms with E-state index in [2.05, 4.69) is 65.0 Å². The van der Waals surface area contributed by atoms with Crippen molar-refractivity contribution >= 4 is 28.0 Å². The molecule has 2 nitrogen and oxygen atoms in total. The maximum Gasteiger partial charge on any atom is 0.416 e. The van der Waals surface area contributed by atoms with Crippen LogP contribution in [0.15, 0.2) is 146 Å². The first-order chi connectivity index (χ1) is 35.1. The molecule has 1 aromatic heterocycles. The van der Waals surface area contributed by atoms with Gasteiger partial charge in [-0.3, -0.25) is 4.98 Å². The van der Waals surface area contributed by atoms with Gasteiger partial charge in [-0.05, 0) is 42.8 Å². The fourth-order valence-corrected chi connectivity index (χ4v) is 8.46. The van der Waals surface area contributed by atoms with Crippen molar-refractivity contribution in [1.82, 2.24) is 4.98 Å². The van der Waals surface area contributed by atoms with E-state index < -0.39 is 195 Å². The van der Waals surface area contributed by atoms with Gasteiger partial charge in [0, 0.05) is 5.56 Å². The van der Waals surface area contributed by atoms with Gasteiger partial charge in [0.15, 0.2) is 12.7 Å². The zero-order chi connectivity index (χ0) is 57.7. The zero-order valence-electron chi connectivity index (χ0n) is 38.1. The Kier molecular flexibility index (Phi) is 15.8. The predicted molar refractivity (Wildman–Crippen MR) is 230 cm³/mol. The van der Waals surface area contributed by atoms with Crippen LogP contribution in [-0.2, 0) is 56.0 Å². The second kappa shape index (κ2) is 20.6. The Morgan fingerprint density at radius 1 is 0.364 bits per heavy atom. The molecule has 0 saturated heterocycles. The van der Waals surface area contributed by atoms with E-state index in [1.54, 1.807) is 0 Å². The summed E-state index contributed by atoms with van der Waals surface area (Å²) in [5.74, 6) is 0. The Labute approximate surface area is 418 Å². The highest BCUT2D eigenvalue weighted by atomic mass is 19.4. The summed E-state index contributed by atoms with van der Waals surface area (Å²) < 4.78 is 343. The summed E-state index contributed by atoms with van der Waals surface area (Å²) in [6.45, 7) is 2.99. The standard InChI is InChI=1S/C32H12BF24.C18H17N2/c34-25(35,36)13-1-14(26(37,38)39)6-21(5-13)33(22-7-15(27(40,41)42)2-16(8-22)28(43,44)45,23-9-17(29(46,47)48)3-18(10-23)30(49,50)51)24-11-19(31(52,53)54)4-20(12-24)32(55,56)57;1-15-7-5-6-10-17(15)18-13-19-11-12-20(18)14-16-8-3-2-4-9-16/h1-12H;2-13H,14H2,1H3/q-1;+1. The Morgan fingerprint density at radius 3 is 0.909 bits per heavy atom. The lowest BCUT2D eigenvalue weighted by molar-refractivity contribution is -0.678. The topological polar surface area (TPSA) is 16.8 Å². The molecule has 0 aliphatic rings. The van der Waals surface area contributed by atoms with Crippen molar-refractivity contribution in [3.8, 4) is 11.3 Å². The van der Waals surface area contributed by atoms with Crippen LogP contribution in [0.5, 0.6) is 0 Å². The van der Waals surface area contributed by atoms with Gasteiger partial charge in [-0.1, -0.05) is 97.1 Å². The van der Waals surface area contributed by atoms with Crippen molar-refractivity contribution in [1.29, 1.82) is 0 Å². The smallest absolute Gasteiger partial charge is 0.252 e. The van der Waals surface area contributed by atoms with Crippen LogP contribution in [0.3, 0.4) is 0 Å². The molecule has 0 saturated carbocycles. The molecule has 0 aliphatic carbocycles. The highest BCUT2D eigenvalue weighted by molar-refractivity contribution is 7.20. The van der Waals surface area contributed by atoms with E-state index >= 15 is 0 Å². The fraction of sp³-hybridized carbons (Fsp3) is 0.200. The summed E-state index contributed by atoms with van der Waals surface area (Å²) in [5.41, 5.74) is -25.3. The van der Waals surface area contributed by atoms with Crippen LogP contribution in [0.1, 0.15) is 55.6 Å². The molecule has 27 heteroatoms. The first-order valence-corrected chi connectivity index (χ1v) is 21.4. The van der Waals surface area contributed by atoms with Crippen molar-refractivity contribution < 1.29 is 110 Å². The fourth-order valence-electron chi connectivity index (χ4n) is 8.46. The molecule has 0 spiro atoms. The van der Waals surface area contributed by atoms with Gasteiger partial charge in [-0.25, -0.2) is 0 Å². The van der Waals surface area contributed by atoms with E-state index in [1.165, 1.54) is 16.7 Å². The van der Waals surface area contributed by atoms with E-state index in [4.69, 9.17) is 0 Å². The third kappa shape index (κ3) is 13.5. The minimum absolute atomic E-state index is 0.691. The molecule has 7 rings (SSSR count). The molecule has 0 unspecified atom stereocenters. The SMILES string of the molecule is Cc1ccccc1-c1cncc[n+]1Cc1ccccc1.FC(F)(F)c1cc([B-](c2cc(C(F)(F)F)cc(C(F)(F)F)c2)(c2cc(C(F)(F)F)cc(C(F)(F)F)c2)c2cc(C(F)(F)F)cc(C(F)(F)F)c2)cc(C(F)(F)F)c1. The zero-order valence-corrected chi connectivity index (χ0v) is 38.1. The molecule has 77 heavy (non-hydrogen) atoms. The Hall–Kier alpha value is -7.22. The molecule has 0 amide bonds. The number of nitrogens with zero attached hydrogens (tertiary/aromatic N) is 2. The van der Waals surface area contributed by atoms with Gasteiger partial charge in [-0.2, -0.15) is 132 Å². The average Bonchev–Trinajstić information content (AvgIpc) is 3.30. The highest BCUT2D eigenvalue weighted by Gasteiger charge is 2.47. The van der Waals surface area contributed by atoms with E-state index in [-0.39, 0.29) is 0 Å². The number of aromatic nitrogens is 2. The van der Waals surface area contributed by atoms with Gasteiger partial charge in [0.1, 0.15) is 6.15 Å². The summed E-state index contributed by atoms with van der Waals surface area (Å²) >= 11 is 0. The molecule has 0 bridgehead atoms. The van der Waals surface area contributed by atoms with Crippen molar-refractivity contribution in [2.75, 3.05) is 0 Å². The van der Waals surface area contributed by atoms with Crippen LogP contribution < -0.4 is 26.4 Å². The molecule has 0 radical (unpaired) electrons. The molecule has 410 valence electrons. The largest absolute Gasteiger partial charge is 0.416 e. The molecule has 0 atom stereocenters. The van der Waals surface area contributed by atoms with Crippen LogP contribution in [0.2, 0.25) is 0 Å². The van der Waals surface area contributed by atoms with Crippen molar-refractivity contribution in [3.05, 3.63) is 202 Å². The predicted octanol–water partition coefficient (Wildman–Crippen LogP) is 14.6. The third-order valence-corrected chi connectivity index (χ3v) is 11.9. The third-order valence-electron chi connectivity index (χ3n) is 11.9. The maximum atomic E-state index is 14.2. The van der Waals surface area contributed by atoms with E-state index in [0.29, 0.717) is 0 Å². The van der Waals surface area contributed by atoms with Crippen LogP contribution in [0, 0.1) is 6.92 Å². The molecular formula is C50H29BF24N2. The second-order valence-corrected chi connectivity index (χ2v) is 17.1. The second-order valence-electron chi connectivity index (χ2n) is 17.1. The van der Waals surface area contributed by atoms with Gasteiger partial charge in [0.2, 0.25) is 5.69 Å². The van der Waals surface area contributed by atoms with E-state index in [1.807, 2.05) is 24.7 Å². The minimum atomic E-state index is -6.13. The maximum absolute atomic E-state index is 14.2. The lowest BCUT2D eigenvalue weighted by Crippen LogP contribution is -2.75. The quantitative estimate of drug-likeness (QED) is 0.0883. The summed E-state index contributed by atoms with van der Waals surface area (Å²) in [7, 11) is 0. The summed E-state index contributed by atoms with van der Waals surface area (Å²) in [6, 6.07) is 10.1. The average molecular weight is 1120 g/mol. The van der Waals surface area contributed by atoms with Gasteiger partial charge < -0.3 is 0 Å². The number of halogens is 24. The first kappa shape index (κ1) is 59.0. The Bertz CT molecular complexity index is 2800. The number of aryl methyl sites for hydroxylation is 1. The van der Waals surface area contributed by atoms with Gasteiger partial charge in [-0.15, -0.1) is 0 Å². The lowest BCUT2D eigenvalue weighted by Gasteiger charge is -2.46. The van der Waals surface area contributed by atoms with Crippen LogP contribution in [0.25, 0.3) is 11.3 Å². The Morgan fingerprint density at radius 2 is 0.636 bits per heavy atom. The Balaban J connectivity index is 0.000000397. The molecule has 0 fully saturated rings. The van der Waals surface area contributed by atoms with Gasteiger partial charge in [0.05, 0.1) is 62.5 Å². The van der Waals surface area contributed by atoms with Crippen LogP contribution in [0.4, 0.5) is 105 Å². The number of rotatable bonds is 7. The lowest BCUT2D eigenvalue weighted by atomic mass is 9.12. The monoisotopic (exact) mass is 1120 g/mol. The number of hydrogen-bond donors (Lipinski definition) is 0. The molecule has 0 N–H and O–H groups in total. The van der Waals surface area contributed by atoms with Crippen molar-refractivity contribution in [3.63, 3.8) is 0 Å². The molecule has 7 aromatic rings. The molecule has 6 aromatic carbocycles. The molecular weight excluding hydrogens is 1100 g/mol. The number of benzene rings is 6. The number of hydrogen-bond acceptors (Lipinski definition) is 1. The van der Waals surface area contributed by atoms with Crippen LogP contribution >= 0.6 is 0 Å². The first-order valence-electron chi connectivity index (χ1n) is 21.4. The normalized spacial score (nSPS) is 13.3. The summed E-state index contributed by atoms with van der Waals surface area (Å²) in [4.78, 5) is 4.28. The molecule has 1 heterocycles. The number of alkyl halides is 24. The minimum Gasteiger partial charge on any atom is -0.252 e. The van der Waals surface area contributed by atoms with Crippen molar-refractivity contribution in [2.24, 2.45) is 0 Å².